The summed E-state index contributed by atoms with van der Waals surface area (Å²) in [4.78, 5) is 39.4. The number of hydrogen-bond acceptors (Lipinski definition) is 6. The molecule has 1 heterocycles. The fourth-order valence-electron chi connectivity index (χ4n) is 5.52. The summed E-state index contributed by atoms with van der Waals surface area (Å²) in [5.41, 5.74) is 2.26. The molecule has 42 heavy (non-hydrogen) atoms. The van der Waals surface area contributed by atoms with Crippen molar-refractivity contribution in [3.05, 3.63) is 148 Å². The third kappa shape index (κ3) is 5.81. The zero-order valence-corrected chi connectivity index (χ0v) is 23.4. The van der Waals surface area contributed by atoms with Crippen molar-refractivity contribution < 1.29 is 23.5 Å². The van der Waals surface area contributed by atoms with Gasteiger partial charge in [0, 0.05) is 30.4 Å². The molecule has 0 saturated carbocycles. The maximum atomic E-state index is 14.0. The van der Waals surface area contributed by atoms with E-state index in [1.165, 1.54) is 20.3 Å². The number of ether oxygens (including phenoxy) is 2. The van der Waals surface area contributed by atoms with Crippen LogP contribution in [0, 0.1) is 0 Å². The van der Waals surface area contributed by atoms with Crippen LogP contribution in [0.4, 0.5) is 0 Å². The van der Waals surface area contributed by atoms with Gasteiger partial charge in [0.1, 0.15) is 17.4 Å². The Morgan fingerprint density at radius 2 is 1.33 bits per heavy atom. The number of methoxy groups -OCH3 is 2. The van der Waals surface area contributed by atoms with Gasteiger partial charge in [0.15, 0.2) is 0 Å². The van der Waals surface area contributed by atoms with Gasteiger partial charge in [-0.1, -0.05) is 91.0 Å². The Hall–Kier alpha value is -5.17. The fraction of sp³-hybridized carbons (Fsp3) is 0.171. The number of rotatable bonds is 10. The van der Waals surface area contributed by atoms with Crippen LogP contribution in [0.5, 0.6) is 5.75 Å². The van der Waals surface area contributed by atoms with Crippen LogP contribution < -0.4 is 15.7 Å². The van der Waals surface area contributed by atoms with Gasteiger partial charge >= 0.3 is 11.6 Å². The third-order valence-corrected chi connectivity index (χ3v) is 7.51. The van der Waals surface area contributed by atoms with Crippen LogP contribution in [-0.4, -0.2) is 32.1 Å². The minimum Gasteiger partial charge on any atom is -0.497 e. The molecular formula is C35H31NO6. The summed E-state index contributed by atoms with van der Waals surface area (Å²) in [6.07, 6.45) is 0.0509. The van der Waals surface area contributed by atoms with Crippen LogP contribution >= 0.6 is 0 Å². The standard InChI is InChI=1S/C35H31NO6/c1-40-28-18-19-29-24(21-33(38)42-31(29)22-28)20-30(34(39)41-2)36-32(37)23-35(25-12-6-3-7-13-25,26-14-8-4-9-15-26)27-16-10-5-11-17-27/h3-19,21-22,30H,20,23H2,1-2H3,(H,36,37)/t30-/m0/s1. The van der Waals surface area contributed by atoms with Gasteiger partial charge in [-0.15, -0.1) is 0 Å². The number of esters is 1. The van der Waals surface area contributed by atoms with Crippen LogP contribution in [0.3, 0.4) is 0 Å². The number of benzene rings is 4. The molecule has 0 fully saturated rings. The molecule has 0 bridgehead atoms. The van der Waals surface area contributed by atoms with Gasteiger partial charge < -0.3 is 19.2 Å². The van der Waals surface area contributed by atoms with Crippen LogP contribution in [0.2, 0.25) is 0 Å². The number of carbonyl (C=O) groups is 2. The van der Waals surface area contributed by atoms with Gasteiger partial charge in [0.2, 0.25) is 5.91 Å². The molecule has 0 aliphatic rings. The van der Waals surface area contributed by atoms with Gasteiger partial charge in [-0.05, 0) is 34.4 Å². The second kappa shape index (κ2) is 12.6. The predicted octanol–water partition coefficient (Wildman–Crippen LogP) is 5.43. The normalized spacial score (nSPS) is 12.0. The topological polar surface area (TPSA) is 94.8 Å². The van der Waals surface area contributed by atoms with Gasteiger partial charge in [-0.25, -0.2) is 9.59 Å². The van der Waals surface area contributed by atoms with E-state index in [2.05, 4.69) is 5.32 Å². The van der Waals surface area contributed by atoms with Crippen molar-refractivity contribution in [3.8, 4) is 5.75 Å². The zero-order chi connectivity index (χ0) is 29.5. The van der Waals surface area contributed by atoms with Gasteiger partial charge in [0.25, 0.3) is 0 Å². The van der Waals surface area contributed by atoms with E-state index in [9.17, 15) is 14.4 Å². The summed E-state index contributed by atoms with van der Waals surface area (Å²) in [6, 6.07) is 35.0. The SMILES string of the molecule is COC(=O)[C@H](Cc1cc(=O)oc2cc(OC)ccc12)NC(=O)CC(c1ccccc1)(c1ccccc1)c1ccccc1. The van der Waals surface area contributed by atoms with Crippen LogP contribution in [0.15, 0.2) is 124 Å². The highest BCUT2D eigenvalue weighted by molar-refractivity contribution is 5.88. The molecule has 0 saturated heterocycles. The monoisotopic (exact) mass is 561 g/mol. The molecule has 1 amide bonds. The highest BCUT2D eigenvalue weighted by Gasteiger charge is 2.39. The molecule has 0 radical (unpaired) electrons. The zero-order valence-electron chi connectivity index (χ0n) is 23.4. The van der Waals surface area contributed by atoms with E-state index in [0.29, 0.717) is 22.3 Å². The lowest BCUT2D eigenvalue weighted by atomic mass is 9.67. The minimum absolute atomic E-state index is 0.0212. The van der Waals surface area contributed by atoms with Crippen molar-refractivity contribution in [3.63, 3.8) is 0 Å². The summed E-state index contributed by atoms with van der Waals surface area (Å²) in [6.45, 7) is 0. The molecule has 0 unspecified atom stereocenters. The number of amides is 1. The Bertz CT molecular complexity index is 1640. The quantitative estimate of drug-likeness (QED) is 0.139. The predicted molar refractivity (Wildman–Crippen MR) is 161 cm³/mol. The van der Waals surface area contributed by atoms with Crippen molar-refractivity contribution in [1.82, 2.24) is 5.32 Å². The average Bonchev–Trinajstić information content (AvgIpc) is 3.03. The van der Waals surface area contributed by atoms with Crippen molar-refractivity contribution >= 4 is 22.8 Å². The summed E-state index contributed by atoms with van der Waals surface area (Å²) in [7, 11) is 2.79. The largest absolute Gasteiger partial charge is 0.497 e. The average molecular weight is 562 g/mol. The maximum Gasteiger partial charge on any atom is 0.336 e. The first-order chi connectivity index (χ1) is 20.4. The Morgan fingerprint density at radius 1 is 0.786 bits per heavy atom. The highest BCUT2D eigenvalue weighted by Crippen LogP contribution is 2.42. The maximum absolute atomic E-state index is 14.0. The van der Waals surface area contributed by atoms with Gasteiger partial charge in [-0.3, -0.25) is 4.79 Å². The fourth-order valence-corrected chi connectivity index (χ4v) is 5.52. The van der Waals surface area contributed by atoms with Crippen LogP contribution in [0.25, 0.3) is 11.0 Å². The van der Waals surface area contributed by atoms with E-state index in [0.717, 1.165) is 16.7 Å². The molecule has 1 aromatic heterocycles. The first-order valence-corrected chi connectivity index (χ1v) is 13.6. The molecule has 7 heteroatoms. The first-order valence-electron chi connectivity index (χ1n) is 13.6. The number of hydrogen-bond donors (Lipinski definition) is 1. The lowest BCUT2D eigenvalue weighted by Crippen LogP contribution is -2.46. The minimum atomic E-state index is -1.05. The number of fused-ring (bicyclic) bond motifs is 1. The number of carbonyl (C=O) groups excluding carboxylic acids is 2. The van der Waals surface area contributed by atoms with E-state index in [4.69, 9.17) is 13.9 Å². The molecule has 5 rings (SSSR count). The van der Waals surface area contributed by atoms with Gasteiger partial charge in [-0.2, -0.15) is 0 Å². The number of nitrogens with one attached hydrogen (secondary N) is 1. The molecule has 4 aromatic carbocycles. The van der Waals surface area contributed by atoms with E-state index in [1.54, 1.807) is 18.2 Å². The van der Waals surface area contributed by atoms with E-state index in [-0.39, 0.29) is 18.7 Å². The molecular weight excluding hydrogens is 530 g/mol. The Labute approximate surface area is 243 Å². The molecule has 5 aromatic rings. The highest BCUT2D eigenvalue weighted by atomic mass is 16.5. The Kier molecular flexibility index (Phi) is 8.48. The molecule has 7 nitrogen and oxygen atoms in total. The van der Waals surface area contributed by atoms with Gasteiger partial charge in [0.05, 0.1) is 19.6 Å². The van der Waals surface area contributed by atoms with Crippen molar-refractivity contribution in [2.45, 2.75) is 24.3 Å². The lowest BCUT2D eigenvalue weighted by Gasteiger charge is -2.36. The smallest absolute Gasteiger partial charge is 0.336 e. The molecule has 212 valence electrons. The van der Waals surface area contributed by atoms with Crippen molar-refractivity contribution in [1.29, 1.82) is 0 Å². The third-order valence-electron chi connectivity index (χ3n) is 7.51. The Morgan fingerprint density at radius 3 is 1.83 bits per heavy atom. The second-order valence-electron chi connectivity index (χ2n) is 9.98. The summed E-state index contributed by atoms with van der Waals surface area (Å²) >= 11 is 0. The summed E-state index contributed by atoms with van der Waals surface area (Å²) in [5, 5.41) is 3.55. The van der Waals surface area contributed by atoms with Crippen LogP contribution in [0.1, 0.15) is 28.7 Å². The van der Waals surface area contributed by atoms with Crippen LogP contribution in [-0.2, 0) is 26.2 Å². The molecule has 0 aliphatic carbocycles. The molecule has 0 spiro atoms. The van der Waals surface area contributed by atoms with Crippen molar-refractivity contribution in [2.24, 2.45) is 0 Å². The summed E-state index contributed by atoms with van der Waals surface area (Å²) in [5.74, 6) is -0.446. The molecule has 1 atom stereocenters. The second-order valence-corrected chi connectivity index (χ2v) is 9.98. The molecule has 1 N–H and O–H groups in total. The first kappa shape index (κ1) is 28.4. The van der Waals surface area contributed by atoms with Crippen molar-refractivity contribution in [2.75, 3.05) is 14.2 Å². The lowest BCUT2D eigenvalue weighted by molar-refractivity contribution is -0.145. The van der Waals surface area contributed by atoms with E-state index in [1.807, 2.05) is 91.0 Å². The molecule has 0 aliphatic heterocycles. The van der Waals surface area contributed by atoms with E-state index < -0.39 is 23.1 Å². The summed E-state index contributed by atoms with van der Waals surface area (Å²) < 4.78 is 15.7. The van der Waals surface area contributed by atoms with E-state index >= 15 is 0 Å². The Balaban J connectivity index is 1.54.